The van der Waals surface area contributed by atoms with Gasteiger partial charge < -0.3 is 15.2 Å². The van der Waals surface area contributed by atoms with Crippen molar-refractivity contribution in [2.75, 3.05) is 0 Å². The molecule has 1 N–H and O–H groups in total. The van der Waals surface area contributed by atoms with Gasteiger partial charge in [0.1, 0.15) is 0 Å². The van der Waals surface area contributed by atoms with Crippen molar-refractivity contribution in [2.45, 2.75) is 32.0 Å². The molecule has 0 aliphatic heterocycles. The van der Waals surface area contributed by atoms with Crippen LogP contribution >= 0.6 is 0 Å². The highest BCUT2D eigenvalue weighted by Crippen LogP contribution is 2.14. The van der Waals surface area contributed by atoms with Crippen LogP contribution in [-0.4, -0.2) is 24.1 Å². The van der Waals surface area contributed by atoms with Gasteiger partial charge in [0, 0.05) is 0 Å². The van der Waals surface area contributed by atoms with Gasteiger partial charge in [-0.1, -0.05) is 13.3 Å². The molecule has 0 aliphatic carbocycles. The summed E-state index contributed by atoms with van der Waals surface area (Å²) in [6.45, 7) is 1.58. The number of carbonyl (C=O) groups excluding carboxylic acids is 2. The highest BCUT2D eigenvalue weighted by atomic mass is 19.4. The third-order valence-electron chi connectivity index (χ3n) is 1.42. The number of rotatable bonds is 4. The van der Waals surface area contributed by atoms with Crippen LogP contribution in [0.1, 0.15) is 19.8 Å². The zero-order chi connectivity index (χ0) is 11.4. The van der Waals surface area contributed by atoms with Crippen LogP contribution in [0.3, 0.4) is 0 Å². The number of carbonyl (C=O) groups is 2. The molecule has 7 heteroatoms. The van der Waals surface area contributed by atoms with Crippen LogP contribution in [0.4, 0.5) is 13.2 Å². The molecule has 0 aliphatic rings. The number of amides is 1. The molecule has 0 heterocycles. The molecule has 14 heavy (non-hydrogen) atoms. The van der Waals surface area contributed by atoms with E-state index in [0.29, 0.717) is 6.42 Å². The first-order chi connectivity index (χ1) is 6.29. The molecule has 0 rings (SSSR count). The predicted octanol–water partition coefficient (Wildman–Crippen LogP) is -0.417. The third kappa shape index (κ3) is 4.11. The molecule has 0 saturated heterocycles. The number of carboxylic acid groups (broad SMARTS) is 1. The molecule has 0 aromatic rings. The van der Waals surface area contributed by atoms with Gasteiger partial charge in [-0.3, -0.25) is 4.79 Å². The van der Waals surface area contributed by atoms with E-state index >= 15 is 0 Å². The van der Waals surface area contributed by atoms with Crippen molar-refractivity contribution >= 4 is 11.9 Å². The van der Waals surface area contributed by atoms with E-state index in [1.165, 1.54) is 5.32 Å². The van der Waals surface area contributed by atoms with Gasteiger partial charge >= 0.3 is 12.1 Å². The fourth-order valence-electron chi connectivity index (χ4n) is 0.778. The molecule has 0 aromatic carbocycles. The Morgan fingerprint density at radius 2 is 1.93 bits per heavy atom. The zero-order valence-electron chi connectivity index (χ0n) is 7.35. The summed E-state index contributed by atoms with van der Waals surface area (Å²) in [5.74, 6) is -3.98. The van der Waals surface area contributed by atoms with Gasteiger partial charge in [-0.05, 0) is 6.42 Å². The number of aliphatic carboxylic acids is 1. The second kappa shape index (κ2) is 4.83. The maximum Gasteiger partial charge on any atom is 0.471 e. The molecule has 82 valence electrons. The number of hydrogen-bond acceptors (Lipinski definition) is 3. The molecule has 0 radical (unpaired) electrons. The molecule has 4 nitrogen and oxygen atoms in total. The molecular weight excluding hydrogens is 203 g/mol. The van der Waals surface area contributed by atoms with Crippen LogP contribution in [0.5, 0.6) is 0 Å². The van der Waals surface area contributed by atoms with Crippen LogP contribution in [0.25, 0.3) is 0 Å². The van der Waals surface area contributed by atoms with Crippen molar-refractivity contribution in [3.63, 3.8) is 0 Å². The van der Waals surface area contributed by atoms with Crippen molar-refractivity contribution in [1.82, 2.24) is 5.32 Å². The molecule has 1 atom stereocenters. The summed E-state index contributed by atoms with van der Waals surface area (Å²) in [6, 6.07) is -1.59. The van der Waals surface area contributed by atoms with Crippen LogP contribution in [0.2, 0.25) is 0 Å². The lowest BCUT2D eigenvalue weighted by molar-refractivity contribution is -0.308. The van der Waals surface area contributed by atoms with Gasteiger partial charge in [0.25, 0.3) is 0 Å². The molecule has 0 spiro atoms. The fourth-order valence-corrected chi connectivity index (χ4v) is 0.778. The first-order valence-electron chi connectivity index (χ1n) is 3.87. The lowest BCUT2D eigenvalue weighted by atomic mass is 10.1. The average Bonchev–Trinajstić information content (AvgIpc) is 2.01. The lowest BCUT2D eigenvalue weighted by Crippen LogP contribution is -2.51. The third-order valence-corrected chi connectivity index (χ3v) is 1.42. The molecule has 1 unspecified atom stereocenters. The monoisotopic (exact) mass is 212 g/mol. The van der Waals surface area contributed by atoms with Crippen LogP contribution in [0, 0.1) is 0 Å². The number of carboxylic acids is 1. The quantitative estimate of drug-likeness (QED) is 0.688. The summed E-state index contributed by atoms with van der Waals surface area (Å²) >= 11 is 0. The van der Waals surface area contributed by atoms with Crippen LogP contribution < -0.4 is 10.4 Å². The summed E-state index contributed by atoms with van der Waals surface area (Å²) in [4.78, 5) is 20.6. The van der Waals surface area contributed by atoms with Crippen molar-refractivity contribution in [3.8, 4) is 0 Å². The van der Waals surface area contributed by atoms with Gasteiger partial charge in [0.2, 0.25) is 0 Å². The van der Waals surface area contributed by atoms with Crippen LogP contribution in [0.15, 0.2) is 0 Å². The largest absolute Gasteiger partial charge is 0.548 e. The Hall–Kier alpha value is -1.27. The summed E-state index contributed by atoms with van der Waals surface area (Å²) in [6.07, 6.45) is -4.83. The summed E-state index contributed by atoms with van der Waals surface area (Å²) in [5.41, 5.74) is 0. The molecular formula is C7H9F3NO3-. The van der Waals surface area contributed by atoms with Crippen molar-refractivity contribution in [1.29, 1.82) is 0 Å². The highest BCUT2D eigenvalue weighted by Gasteiger charge is 2.39. The van der Waals surface area contributed by atoms with Crippen molar-refractivity contribution in [2.24, 2.45) is 0 Å². The average molecular weight is 212 g/mol. The van der Waals surface area contributed by atoms with Gasteiger partial charge in [0.15, 0.2) is 0 Å². The first-order valence-corrected chi connectivity index (χ1v) is 3.87. The van der Waals surface area contributed by atoms with Gasteiger partial charge in [-0.25, -0.2) is 0 Å². The number of alkyl halides is 3. The number of halogens is 3. The maximum absolute atomic E-state index is 11.7. The van der Waals surface area contributed by atoms with E-state index in [1.807, 2.05) is 0 Å². The Labute approximate surface area is 78.1 Å². The number of nitrogens with one attached hydrogen (secondary N) is 1. The standard InChI is InChI=1S/C7H10F3NO3/c1-2-3-4(5(12)13)11-6(14)7(8,9)10/h4H,2-3H2,1H3,(H,11,14)(H,12,13)/p-1. The normalized spacial score (nSPS) is 13.4. The maximum atomic E-state index is 11.7. The molecule has 0 fully saturated rings. The van der Waals surface area contributed by atoms with E-state index in [-0.39, 0.29) is 6.42 Å². The minimum atomic E-state index is -5.07. The Morgan fingerprint density at radius 3 is 2.21 bits per heavy atom. The van der Waals surface area contributed by atoms with E-state index in [0.717, 1.165) is 0 Å². The fraction of sp³-hybridized carbons (Fsp3) is 0.714. The van der Waals surface area contributed by atoms with E-state index < -0.39 is 24.1 Å². The second-order valence-corrected chi connectivity index (χ2v) is 2.63. The summed E-state index contributed by atoms with van der Waals surface area (Å²) in [5, 5.41) is 11.6. The summed E-state index contributed by atoms with van der Waals surface area (Å²) < 4.78 is 35.1. The topological polar surface area (TPSA) is 69.2 Å². The van der Waals surface area contributed by atoms with Crippen molar-refractivity contribution < 1.29 is 27.9 Å². The van der Waals surface area contributed by atoms with Crippen LogP contribution in [-0.2, 0) is 9.59 Å². The van der Waals surface area contributed by atoms with E-state index in [1.54, 1.807) is 6.92 Å². The highest BCUT2D eigenvalue weighted by molar-refractivity contribution is 5.86. The molecule has 0 aromatic heterocycles. The Kier molecular flexibility index (Phi) is 4.39. The SMILES string of the molecule is CCCC(NC(=O)C(F)(F)F)C(=O)[O-]. The van der Waals surface area contributed by atoms with E-state index in [2.05, 4.69) is 0 Å². The smallest absolute Gasteiger partial charge is 0.471 e. The minimum absolute atomic E-state index is 0.0931. The zero-order valence-corrected chi connectivity index (χ0v) is 7.35. The minimum Gasteiger partial charge on any atom is -0.548 e. The summed E-state index contributed by atoms with van der Waals surface area (Å²) in [7, 11) is 0. The van der Waals surface area contributed by atoms with E-state index in [9.17, 15) is 27.9 Å². The van der Waals surface area contributed by atoms with Gasteiger partial charge in [-0.2, -0.15) is 13.2 Å². The Balaban J connectivity index is 4.31. The second-order valence-electron chi connectivity index (χ2n) is 2.63. The van der Waals surface area contributed by atoms with Gasteiger partial charge in [0.05, 0.1) is 12.0 Å². The van der Waals surface area contributed by atoms with E-state index in [4.69, 9.17) is 0 Å². The Bertz CT molecular complexity index is 227. The Morgan fingerprint density at radius 1 is 1.43 bits per heavy atom. The van der Waals surface area contributed by atoms with Gasteiger partial charge in [-0.15, -0.1) is 0 Å². The first kappa shape index (κ1) is 12.7. The lowest BCUT2D eigenvalue weighted by Gasteiger charge is -2.19. The predicted molar refractivity (Wildman–Crippen MR) is 37.9 cm³/mol. The molecule has 0 saturated carbocycles. The molecule has 1 amide bonds. The molecule has 0 bridgehead atoms. The number of hydrogen-bond donors (Lipinski definition) is 1. The van der Waals surface area contributed by atoms with Crippen molar-refractivity contribution in [3.05, 3.63) is 0 Å².